The fourth-order valence-electron chi connectivity index (χ4n) is 1.30. The molecule has 0 bridgehead atoms. The average Bonchev–Trinajstić information content (AvgIpc) is 2.01. The Bertz CT molecular complexity index is 292. The van der Waals surface area contributed by atoms with Crippen LogP contribution in [0.3, 0.4) is 0 Å². The molecule has 14 heavy (non-hydrogen) atoms. The van der Waals surface area contributed by atoms with E-state index in [1.807, 2.05) is 45.9 Å². The van der Waals surface area contributed by atoms with E-state index < -0.39 is 0 Å². The molecule has 0 N–H and O–H groups in total. The van der Waals surface area contributed by atoms with Gasteiger partial charge >= 0.3 is 0 Å². The fourth-order valence-corrected chi connectivity index (χ4v) is 1.30. The second-order valence-corrected chi connectivity index (χ2v) is 3.58. The van der Waals surface area contributed by atoms with E-state index in [1.165, 1.54) is 0 Å². The van der Waals surface area contributed by atoms with Crippen LogP contribution in [0.15, 0.2) is 18.2 Å². The van der Waals surface area contributed by atoms with Gasteiger partial charge in [0.25, 0.3) is 0 Å². The van der Waals surface area contributed by atoms with Crippen LogP contribution in [0.5, 0.6) is 11.5 Å². The largest absolute Gasteiger partial charge is 0.494 e. The van der Waals surface area contributed by atoms with Gasteiger partial charge in [0, 0.05) is 6.07 Å². The molecular weight excluding hydrogens is 176 g/mol. The van der Waals surface area contributed by atoms with Crippen molar-refractivity contribution in [2.75, 3.05) is 6.61 Å². The van der Waals surface area contributed by atoms with E-state index in [-0.39, 0.29) is 6.10 Å². The lowest BCUT2D eigenvalue weighted by Gasteiger charge is -2.12. The van der Waals surface area contributed by atoms with Crippen LogP contribution in [-0.4, -0.2) is 12.7 Å². The third kappa shape index (κ3) is 3.29. The first kappa shape index (κ1) is 10.9. The van der Waals surface area contributed by atoms with E-state index in [1.54, 1.807) is 0 Å². The highest BCUT2D eigenvalue weighted by Crippen LogP contribution is 2.23. The van der Waals surface area contributed by atoms with Gasteiger partial charge in [-0.05, 0) is 45.4 Å². The lowest BCUT2D eigenvalue weighted by atomic mass is 10.2. The standard InChI is InChI=1S/C12H18O2/c1-5-13-11-6-10(4)7-12(8-11)14-9(2)3/h6-9H,5H2,1-4H3. The number of hydrogen-bond donors (Lipinski definition) is 0. The Morgan fingerprint density at radius 1 is 1.14 bits per heavy atom. The van der Waals surface area contributed by atoms with Gasteiger partial charge < -0.3 is 9.47 Å². The summed E-state index contributed by atoms with van der Waals surface area (Å²) in [6.45, 7) is 8.73. The van der Waals surface area contributed by atoms with E-state index in [0.717, 1.165) is 17.1 Å². The third-order valence-corrected chi connectivity index (χ3v) is 1.71. The Labute approximate surface area is 85.8 Å². The second-order valence-electron chi connectivity index (χ2n) is 3.58. The van der Waals surface area contributed by atoms with Gasteiger partial charge in [-0.2, -0.15) is 0 Å². The summed E-state index contributed by atoms with van der Waals surface area (Å²) in [5.74, 6) is 1.76. The highest BCUT2D eigenvalue weighted by molar-refractivity contribution is 5.37. The number of ether oxygens (including phenoxy) is 2. The molecule has 1 rings (SSSR count). The molecule has 0 unspecified atom stereocenters. The summed E-state index contributed by atoms with van der Waals surface area (Å²) in [6, 6.07) is 5.95. The minimum absolute atomic E-state index is 0.200. The molecule has 0 saturated heterocycles. The van der Waals surface area contributed by atoms with Gasteiger partial charge in [-0.25, -0.2) is 0 Å². The maximum Gasteiger partial charge on any atom is 0.123 e. The molecular formula is C12H18O2. The van der Waals surface area contributed by atoms with Crippen molar-refractivity contribution in [3.63, 3.8) is 0 Å². The first-order valence-corrected chi connectivity index (χ1v) is 5.03. The molecule has 0 aliphatic heterocycles. The van der Waals surface area contributed by atoms with E-state index >= 15 is 0 Å². The lowest BCUT2D eigenvalue weighted by molar-refractivity contribution is 0.240. The summed E-state index contributed by atoms with van der Waals surface area (Å²) >= 11 is 0. The quantitative estimate of drug-likeness (QED) is 0.733. The number of benzene rings is 1. The molecule has 2 heteroatoms. The Morgan fingerprint density at radius 3 is 2.36 bits per heavy atom. The van der Waals surface area contributed by atoms with Crippen LogP contribution in [0, 0.1) is 6.92 Å². The first-order valence-electron chi connectivity index (χ1n) is 5.03. The minimum atomic E-state index is 0.200. The molecule has 0 aromatic heterocycles. The monoisotopic (exact) mass is 194 g/mol. The molecule has 0 amide bonds. The van der Waals surface area contributed by atoms with Crippen molar-refractivity contribution < 1.29 is 9.47 Å². The summed E-state index contributed by atoms with van der Waals surface area (Å²) < 4.78 is 11.0. The summed E-state index contributed by atoms with van der Waals surface area (Å²) in [5, 5.41) is 0. The summed E-state index contributed by atoms with van der Waals surface area (Å²) in [6.07, 6.45) is 0.200. The van der Waals surface area contributed by atoms with Gasteiger partial charge in [0.1, 0.15) is 11.5 Å². The van der Waals surface area contributed by atoms with Crippen LogP contribution < -0.4 is 9.47 Å². The zero-order valence-electron chi connectivity index (χ0n) is 9.33. The topological polar surface area (TPSA) is 18.5 Å². The van der Waals surface area contributed by atoms with Crippen molar-refractivity contribution in [3.05, 3.63) is 23.8 Å². The molecule has 0 spiro atoms. The van der Waals surface area contributed by atoms with Gasteiger partial charge in [-0.15, -0.1) is 0 Å². The highest BCUT2D eigenvalue weighted by Gasteiger charge is 2.01. The predicted octanol–water partition coefficient (Wildman–Crippen LogP) is 3.18. The number of hydrogen-bond acceptors (Lipinski definition) is 2. The first-order chi connectivity index (χ1) is 6.61. The maximum absolute atomic E-state index is 5.60. The van der Waals surface area contributed by atoms with E-state index in [0.29, 0.717) is 6.61 Å². The van der Waals surface area contributed by atoms with Gasteiger partial charge in [0.05, 0.1) is 12.7 Å². The molecule has 2 nitrogen and oxygen atoms in total. The Balaban J connectivity index is 2.83. The zero-order chi connectivity index (χ0) is 10.6. The molecule has 0 atom stereocenters. The highest BCUT2D eigenvalue weighted by atomic mass is 16.5. The molecule has 0 fully saturated rings. The molecule has 0 radical (unpaired) electrons. The summed E-state index contributed by atoms with van der Waals surface area (Å²) in [4.78, 5) is 0. The minimum Gasteiger partial charge on any atom is -0.494 e. The summed E-state index contributed by atoms with van der Waals surface area (Å²) in [5.41, 5.74) is 1.16. The average molecular weight is 194 g/mol. The van der Waals surface area contributed by atoms with Crippen molar-refractivity contribution in [1.82, 2.24) is 0 Å². The molecule has 0 saturated carbocycles. The number of rotatable bonds is 4. The van der Waals surface area contributed by atoms with Crippen LogP contribution in [0.2, 0.25) is 0 Å². The lowest BCUT2D eigenvalue weighted by Crippen LogP contribution is -2.05. The van der Waals surface area contributed by atoms with Crippen molar-refractivity contribution >= 4 is 0 Å². The smallest absolute Gasteiger partial charge is 0.123 e. The van der Waals surface area contributed by atoms with Crippen LogP contribution in [0.25, 0.3) is 0 Å². The van der Waals surface area contributed by atoms with E-state index in [4.69, 9.17) is 9.47 Å². The molecule has 0 aliphatic carbocycles. The van der Waals surface area contributed by atoms with Gasteiger partial charge in [0.2, 0.25) is 0 Å². The maximum atomic E-state index is 5.60. The molecule has 0 heterocycles. The molecule has 1 aromatic carbocycles. The van der Waals surface area contributed by atoms with Crippen molar-refractivity contribution in [1.29, 1.82) is 0 Å². The van der Waals surface area contributed by atoms with Gasteiger partial charge in [0.15, 0.2) is 0 Å². The second kappa shape index (κ2) is 4.89. The van der Waals surface area contributed by atoms with Crippen molar-refractivity contribution in [2.24, 2.45) is 0 Å². The fraction of sp³-hybridized carbons (Fsp3) is 0.500. The number of aryl methyl sites for hydroxylation is 1. The van der Waals surface area contributed by atoms with Crippen LogP contribution in [-0.2, 0) is 0 Å². The molecule has 78 valence electrons. The van der Waals surface area contributed by atoms with Crippen LogP contribution >= 0.6 is 0 Å². The summed E-state index contributed by atoms with van der Waals surface area (Å²) in [7, 11) is 0. The molecule has 1 aromatic rings. The normalized spacial score (nSPS) is 10.4. The zero-order valence-corrected chi connectivity index (χ0v) is 9.33. The Morgan fingerprint density at radius 2 is 1.79 bits per heavy atom. The van der Waals surface area contributed by atoms with Gasteiger partial charge in [-0.3, -0.25) is 0 Å². The van der Waals surface area contributed by atoms with E-state index in [2.05, 4.69) is 0 Å². The third-order valence-electron chi connectivity index (χ3n) is 1.71. The van der Waals surface area contributed by atoms with E-state index in [9.17, 15) is 0 Å². The Kier molecular flexibility index (Phi) is 3.81. The van der Waals surface area contributed by atoms with Gasteiger partial charge in [-0.1, -0.05) is 0 Å². The van der Waals surface area contributed by atoms with Crippen LogP contribution in [0.4, 0.5) is 0 Å². The van der Waals surface area contributed by atoms with Crippen molar-refractivity contribution in [2.45, 2.75) is 33.8 Å². The van der Waals surface area contributed by atoms with Crippen LogP contribution in [0.1, 0.15) is 26.3 Å². The predicted molar refractivity (Wildman–Crippen MR) is 58.1 cm³/mol. The SMILES string of the molecule is CCOc1cc(C)cc(OC(C)C)c1. The van der Waals surface area contributed by atoms with Crippen molar-refractivity contribution in [3.8, 4) is 11.5 Å². The molecule has 0 aliphatic rings. The Hall–Kier alpha value is -1.18.